The summed E-state index contributed by atoms with van der Waals surface area (Å²) in [5.41, 5.74) is -0.877. The van der Waals surface area contributed by atoms with Gasteiger partial charge in [-0.05, 0) is 23.1 Å². The van der Waals surface area contributed by atoms with Gasteiger partial charge in [0.05, 0.1) is 11.3 Å². The second-order valence-electron chi connectivity index (χ2n) is 6.86. The van der Waals surface area contributed by atoms with E-state index in [4.69, 9.17) is 5.11 Å². The number of rotatable bonds is 7. The van der Waals surface area contributed by atoms with Crippen molar-refractivity contribution in [2.75, 3.05) is 18.1 Å². The van der Waals surface area contributed by atoms with Crippen LogP contribution in [0.25, 0.3) is 0 Å². The number of carbonyl (C=O) groups is 1. The second-order valence-corrected chi connectivity index (χ2v) is 9.05. The maximum Gasteiger partial charge on any atom is 0.416 e. The molecule has 1 aromatic carbocycles. The van der Waals surface area contributed by atoms with Crippen molar-refractivity contribution in [3.05, 3.63) is 35.4 Å². The van der Waals surface area contributed by atoms with Gasteiger partial charge in [0, 0.05) is 12.6 Å². The minimum atomic E-state index is -4.47. The number of carboxylic acid groups (broad SMARTS) is 1. The molecule has 2 N–H and O–H groups in total. The zero-order chi connectivity index (χ0) is 19.5. The zero-order valence-corrected chi connectivity index (χ0v) is 15.0. The molecule has 0 aromatic heterocycles. The number of halogens is 3. The summed E-state index contributed by atoms with van der Waals surface area (Å²) >= 11 is 0. The lowest BCUT2D eigenvalue weighted by Crippen LogP contribution is -2.36. The van der Waals surface area contributed by atoms with Crippen molar-refractivity contribution in [1.82, 2.24) is 5.32 Å². The van der Waals surface area contributed by atoms with E-state index in [1.807, 2.05) is 20.8 Å². The van der Waals surface area contributed by atoms with Crippen LogP contribution < -0.4 is 5.32 Å². The van der Waals surface area contributed by atoms with Gasteiger partial charge in [-0.15, -0.1) is 0 Å². The molecular formula is C16H22F3NO4S. The Bertz CT molecular complexity index is 709. The van der Waals surface area contributed by atoms with E-state index in [-0.39, 0.29) is 6.54 Å². The van der Waals surface area contributed by atoms with Crippen LogP contribution in [0.3, 0.4) is 0 Å². The summed E-state index contributed by atoms with van der Waals surface area (Å²) in [6, 6.07) is 4.33. The molecule has 25 heavy (non-hydrogen) atoms. The van der Waals surface area contributed by atoms with Crippen molar-refractivity contribution < 1.29 is 31.5 Å². The predicted octanol–water partition coefficient (Wildman–Crippen LogP) is 2.88. The number of sulfone groups is 1. The predicted molar refractivity (Wildman–Crippen MR) is 87.9 cm³/mol. The van der Waals surface area contributed by atoms with Crippen LogP contribution >= 0.6 is 0 Å². The third-order valence-electron chi connectivity index (χ3n) is 3.52. The van der Waals surface area contributed by atoms with Crippen molar-refractivity contribution >= 4 is 15.8 Å². The van der Waals surface area contributed by atoms with E-state index < -0.39 is 50.5 Å². The molecule has 0 aliphatic carbocycles. The quantitative estimate of drug-likeness (QED) is 0.759. The van der Waals surface area contributed by atoms with Crippen LogP contribution in [0.15, 0.2) is 24.3 Å². The molecule has 5 nitrogen and oxygen atoms in total. The van der Waals surface area contributed by atoms with Crippen molar-refractivity contribution in [3.63, 3.8) is 0 Å². The van der Waals surface area contributed by atoms with Crippen LogP contribution in [0.4, 0.5) is 13.2 Å². The lowest BCUT2D eigenvalue weighted by molar-refractivity contribution is -0.137. The topological polar surface area (TPSA) is 83.5 Å². The van der Waals surface area contributed by atoms with Gasteiger partial charge in [-0.3, -0.25) is 4.79 Å². The van der Waals surface area contributed by atoms with Crippen molar-refractivity contribution in [2.45, 2.75) is 33.0 Å². The highest BCUT2D eigenvalue weighted by atomic mass is 32.2. The largest absolute Gasteiger partial charge is 0.480 e. The van der Waals surface area contributed by atoms with E-state index in [1.54, 1.807) is 6.07 Å². The first kappa shape index (κ1) is 21.4. The molecule has 0 heterocycles. The van der Waals surface area contributed by atoms with Gasteiger partial charge in [0.15, 0.2) is 9.84 Å². The van der Waals surface area contributed by atoms with Crippen LogP contribution in [-0.2, 0) is 20.8 Å². The monoisotopic (exact) mass is 381 g/mol. The van der Waals surface area contributed by atoms with Gasteiger partial charge in [-0.25, -0.2) is 8.42 Å². The molecule has 1 rings (SSSR count). The summed E-state index contributed by atoms with van der Waals surface area (Å²) in [4.78, 5) is 10.5. The summed E-state index contributed by atoms with van der Waals surface area (Å²) in [7, 11) is -3.78. The maximum absolute atomic E-state index is 12.9. The second kappa shape index (κ2) is 7.74. The van der Waals surface area contributed by atoms with Gasteiger partial charge in [-0.2, -0.15) is 13.2 Å². The Morgan fingerprint density at radius 2 is 1.84 bits per heavy atom. The highest BCUT2D eigenvalue weighted by molar-refractivity contribution is 7.92. The highest BCUT2D eigenvalue weighted by Gasteiger charge is 2.33. The third kappa shape index (κ3) is 7.03. The standard InChI is InChI=1S/C16H22F3NO4S/c1-15(2,3)14(20-7-8-25(23,24)10-13(21)22)11-5-4-6-12(9-11)16(17,18)19/h4-6,9,14,20H,7-8,10H2,1-3H3,(H,21,22). The Kier molecular flexibility index (Phi) is 6.63. The molecule has 0 saturated heterocycles. The lowest BCUT2D eigenvalue weighted by atomic mass is 9.82. The summed E-state index contributed by atoms with van der Waals surface area (Å²) in [6.45, 7) is 5.39. The molecule has 0 aliphatic heterocycles. The summed E-state index contributed by atoms with van der Waals surface area (Å²) < 4.78 is 62.0. The normalized spacial score (nSPS) is 14.3. The average Bonchev–Trinajstić information content (AvgIpc) is 2.40. The number of carboxylic acids is 1. The minimum Gasteiger partial charge on any atom is -0.480 e. The molecule has 0 aliphatic rings. The molecule has 0 fully saturated rings. The van der Waals surface area contributed by atoms with Gasteiger partial charge in [-0.1, -0.05) is 32.9 Å². The molecule has 1 aromatic rings. The molecule has 9 heteroatoms. The number of alkyl halides is 3. The third-order valence-corrected chi connectivity index (χ3v) is 5.03. The first-order chi connectivity index (χ1) is 11.2. The van der Waals surface area contributed by atoms with Crippen molar-refractivity contribution in [3.8, 4) is 0 Å². The van der Waals surface area contributed by atoms with Gasteiger partial charge in [0.2, 0.25) is 0 Å². The molecule has 1 unspecified atom stereocenters. The Morgan fingerprint density at radius 3 is 2.32 bits per heavy atom. The summed E-state index contributed by atoms with van der Waals surface area (Å²) in [5, 5.41) is 11.5. The fourth-order valence-corrected chi connectivity index (χ4v) is 3.39. The number of hydrogen-bond acceptors (Lipinski definition) is 4. The lowest BCUT2D eigenvalue weighted by Gasteiger charge is -2.32. The number of aliphatic carboxylic acids is 1. The Morgan fingerprint density at radius 1 is 1.24 bits per heavy atom. The van der Waals surface area contributed by atoms with Crippen molar-refractivity contribution in [1.29, 1.82) is 0 Å². The van der Waals surface area contributed by atoms with E-state index in [0.717, 1.165) is 12.1 Å². The van der Waals surface area contributed by atoms with E-state index in [2.05, 4.69) is 5.32 Å². The van der Waals surface area contributed by atoms with Gasteiger partial charge in [0.25, 0.3) is 0 Å². The number of hydrogen-bond donors (Lipinski definition) is 2. The molecule has 0 saturated carbocycles. The van der Waals surface area contributed by atoms with Crippen LogP contribution in [0.1, 0.15) is 37.9 Å². The van der Waals surface area contributed by atoms with Crippen LogP contribution in [0.5, 0.6) is 0 Å². The van der Waals surface area contributed by atoms with E-state index in [1.165, 1.54) is 6.07 Å². The van der Waals surface area contributed by atoms with Crippen LogP contribution in [-0.4, -0.2) is 37.5 Å². The van der Waals surface area contributed by atoms with E-state index >= 15 is 0 Å². The number of benzene rings is 1. The van der Waals surface area contributed by atoms with Crippen LogP contribution in [0, 0.1) is 5.41 Å². The molecule has 1 atom stereocenters. The number of nitrogens with one attached hydrogen (secondary N) is 1. The molecule has 0 amide bonds. The van der Waals surface area contributed by atoms with Crippen molar-refractivity contribution in [2.24, 2.45) is 5.41 Å². The smallest absolute Gasteiger partial charge is 0.416 e. The molecule has 0 spiro atoms. The zero-order valence-electron chi connectivity index (χ0n) is 14.2. The minimum absolute atomic E-state index is 0.0617. The Labute approximate surface area is 145 Å². The van der Waals surface area contributed by atoms with Gasteiger partial charge >= 0.3 is 12.1 Å². The maximum atomic E-state index is 12.9. The highest BCUT2D eigenvalue weighted by Crippen LogP contribution is 2.36. The fraction of sp³-hybridized carbons (Fsp3) is 0.562. The summed E-state index contributed by atoms with van der Waals surface area (Å²) in [5.74, 6) is -2.83. The molecule has 0 bridgehead atoms. The Balaban J connectivity index is 2.96. The fourth-order valence-electron chi connectivity index (χ4n) is 2.44. The molecule has 142 valence electrons. The van der Waals surface area contributed by atoms with E-state index in [0.29, 0.717) is 5.56 Å². The summed E-state index contributed by atoms with van der Waals surface area (Å²) in [6.07, 6.45) is -4.47. The van der Waals surface area contributed by atoms with Gasteiger partial charge in [0.1, 0.15) is 5.75 Å². The first-order valence-corrected chi connectivity index (χ1v) is 9.37. The molecular weight excluding hydrogens is 359 g/mol. The van der Waals surface area contributed by atoms with Crippen LogP contribution in [0.2, 0.25) is 0 Å². The molecule has 0 radical (unpaired) electrons. The first-order valence-electron chi connectivity index (χ1n) is 7.55. The SMILES string of the molecule is CC(C)(C)C(NCCS(=O)(=O)CC(=O)O)c1cccc(C(F)(F)F)c1. The van der Waals surface area contributed by atoms with Gasteiger partial charge < -0.3 is 10.4 Å². The Hall–Kier alpha value is -1.61. The average molecular weight is 381 g/mol. The van der Waals surface area contributed by atoms with E-state index in [9.17, 15) is 26.4 Å².